The summed E-state index contributed by atoms with van der Waals surface area (Å²) >= 11 is 0. The number of nitrogens with zero attached hydrogens (tertiary/aromatic N) is 2. The van der Waals surface area contributed by atoms with Crippen molar-refractivity contribution >= 4 is 28.3 Å². The van der Waals surface area contributed by atoms with Crippen LogP contribution in [0.25, 0.3) is 10.8 Å². The summed E-state index contributed by atoms with van der Waals surface area (Å²) in [6.07, 6.45) is 3.66. The maximum atomic E-state index is 13.1. The van der Waals surface area contributed by atoms with Crippen LogP contribution in [0.15, 0.2) is 36.4 Å². The molecule has 1 saturated heterocycles. The maximum Gasteiger partial charge on any atom is 0.259 e. The molecule has 0 bridgehead atoms. The summed E-state index contributed by atoms with van der Waals surface area (Å²) in [7, 11) is 1.83. The van der Waals surface area contributed by atoms with Gasteiger partial charge in [-0.05, 0) is 49.6 Å². The molecule has 0 radical (unpaired) electrons. The second-order valence-corrected chi connectivity index (χ2v) is 8.42. The molecule has 3 aliphatic rings. The molecule has 3 atom stereocenters. The normalized spacial score (nSPS) is 24.8. The molecule has 146 valence electrons. The van der Waals surface area contributed by atoms with Crippen LogP contribution in [0, 0.1) is 5.92 Å². The molecule has 1 saturated carbocycles. The molecule has 28 heavy (non-hydrogen) atoms. The zero-order valence-corrected chi connectivity index (χ0v) is 16.3. The topological polar surface area (TPSA) is 64.7 Å². The van der Waals surface area contributed by atoms with Crippen LogP contribution in [-0.4, -0.2) is 48.4 Å². The molecule has 6 nitrogen and oxygen atoms in total. The molecule has 2 N–H and O–H groups in total. The minimum absolute atomic E-state index is 0.0326. The predicted molar refractivity (Wildman–Crippen MR) is 109 cm³/mol. The summed E-state index contributed by atoms with van der Waals surface area (Å²) < 4.78 is 0. The van der Waals surface area contributed by atoms with Crippen LogP contribution in [0.2, 0.25) is 0 Å². The fourth-order valence-corrected chi connectivity index (χ4v) is 4.75. The van der Waals surface area contributed by atoms with Crippen LogP contribution in [-0.2, 0) is 4.79 Å². The number of hydrogen-bond donors (Lipinski definition) is 2. The molecule has 0 spiro atoms. The predicted octanol–water partition coefficient (Wildman–Crippen LogP) is 2.29. The molecule has 1 aliphatic carbocycles. The number of benzene rings is 2. The number of carbonyl (C=O) groups excluding carboxylic acids is 2. The Bertz CT molecular complexity index is 949. The van der Waals surface area contributed by atoms with Gasteiger partial charge in [0.25, 0.3) is 5.91 Å². The highest BCUT2D eigenvalue weighted by atomic mass is 16.2. The van der Waals surface area contributed by atoms with Gasteiger partial charge in [-0.1, -0.05) is 24.3 Å². The van der Waals surface area contributed by atoms with Crippen molar-refractivity contribution in [3.63, 3.8) is 0 Å². The summed E-state index contributed by atoms with van der Waals surface area (Å²) in [6.45, 7) is 2.47. The Morgan fingerprint density at radius 1 is 1.21 bits per heavy atom. The highest BCUT2D eigenvalue weighted by Crippen LogP contribution is 2.39. The smallest absolute Gasteiger partial charge is 0.259 e. The number of anilines is 1. The van der Waals surface area contributed by atoms with E-state index in [-0.39, 0.29) is 17.9 Å². The van der Waals surface area contributed by atoms with Gasteiger partial charge in [-0.3, -0.25) is 25.3 Å². The van der Waals surface area contributed by atoms with Gasteiger partial charge in [0.15, 0.2) is 0 Å². The molecule has 2 aromatic carbocycles. The van der Waals surface area contributed by atoms with Crippen LogP contribution in [0.5, 0.6) is 0 Å². The number of likely N-dealkylation sites (N-methyl/N-ethyl adjacent to an activating group) is 1. The Labute approximate surface area is 164 Å². The first-order valence-corrected chi connectivity index (χ1v) is 10.2. The lowest BCUT2D eigenvalue weighted by molar-refractivity contribution is -0.131. The van der Waals surface area contributed by atoms with E-state index in [9.17, 15) is 9.59 Å². The van der Waals surface area contributed by atoms with Crippen molar-refractivity contribution in [3.05, 3.63) is 42.0 Å². The Balaban J connectivity index is 1.32. The first-order chi connectivity index (χ1) is 13.5. The summed E-state index contributed by atoms with van der Waals surface area (Å²) in [5.74, 6) is 0.670. The van der Waals surface area contributed by atoms with E-state index in [2.05, 4.69) is 10.9 Å². The largest absolute Gasteiger partial charge is 0.342 e. The number of hydrogen-bond acceptors (Lipinski definition) is 4. The van der Waals surface area contributed by atoms with Gasteiger partial charge < -0.3 is 4.90 Å². The SMILES string of the molecule is CC(C(=O)N(C)CC1CC(C2CC2)NN1)N1C(=O)c2cccc3cccc1c23. The van der Waals surface area contributed by atoms with Gasteiger partial charge in [0.2, 0.25) is 5.91 Å². The number of nitrogens with one attached hydrogen (secondary N) is 2. The monoisotopic (exact) mass is 378 g/mol. The second-order valence-electron chi connectivity index (χ2n) is 8.42. The Morgan fingerprint density at radius 3 is 2.71 bits per heavy atom. The average molecular weight is 378 g/mol. The highest BCUT2D eigenvalue weighted by molar-refractivity contribution is 6.26. The van der Waals surface area contributed by atoms with Crippen LogP contribution < -0.4 is 15.8 Å². The lowest BCUT2D eigenvalue weighted by Crippen LogP contribution is -2.50. The fraction of sp³-hybridized carbons (Fsp3) is 0.455. The number of amides is 2. The molecule has 5 rings (SSSR count). The molecular formula is C22H26N4O2. The molecule has 3 unspecified atom stereocenters. The lowest BCUT2D eigenvalue weighted by atomic mass is 10.1. The standard InChI is InChI=1S/C22H26N4O2/c1-13(21(27)25(2)12-16-11-18(24-23-16)14-9-10-14)26-19-8-4-6-15-5-3-7-17(20(15)19)22(26)28/h3-8,13-14,16,18,23-24H,9-12H2,1-2H3. The maximum absolute atomic E-state index is 13.1. The van der Waals surface area contributed by atoms with Crippen LogP contribution >= 0.6 is 0 Å². The highest BCUT2D eigenvalue weighted by Gasteiger charge is 2.39. The molecule has 6 heteroatoms. The van der Waals surface area contributed by atoms with E-state index in [1.807, 2.05) is 50.4 Å². The summed E-state index contributed by atoms with van der Waals surface area (Å²) in [6, 6.07) is 11.9. The molecule has 2 amide bonds. The summed E-state index contributed by atoms with van der Waals surface area (Å²) in [5, 5.41) is 1.98. The van der Waals surface area contributed by atoms with Gasteiger partial charge in [-0.2, -0.15) is 0 Å². The second kappa shape index (κ2) is 6.57. The van der Waals surface area contributed by atoms with E-state index in [1.165, 1.54) is 12.8 Å². The van der Waals surface area contributed by atoms with Gasteiger partial charge in [0.1, 0.15) is 6.04 Å². The van der Waals surface area contributed by atoms with Crippen molar-refractivity contribution < 1.29 is 9.59 Å². The fourth-order valence-electron chi connectivity index (χ4n) is 4.75. The zero-order valence-electron chi connectivity index (χ0n) is 16.3. The number of hydrazine groups is 1. The van der Waals surface area contributed by atoms with Crippen molar-refractivity contribution in [2.45, 2.75) is 44.3 Å². The minimum Gasteiger partial charge on any atom is -0.342 e. The molecule has 2 aliphatic heterocycles. The minimum atomic E-state index is -0.538. The number of rotatable bonds is 5. The van der Waals surface area contributed by atoms with Gasteiger partial charge in [0, 0.05) is 36.6 Å². The molecule has 2 heterocycles. The van der Waals surface area contributed by atoms with E-state index < -0.39 is 6.04 Å². The van der Waals surface area contributed by atoms with Crippen molar-refractivity contribution in [3.8, 4) is 0 Å². The van der Waals surface area contributed by atoms with E-state index in [0.29, 0.717) is 18.2 Å². The van der Waals surface area contributed by atoms with Gasteiger partial charge in [-0.25, -0.2) is 0 Å². The van der Waals surface area contributed by atoms with Gasteiger partial charge in [-0.15, -0.1) is 0 Å². The Kier molecular flexibility index (Phi) is 4.14. The summed E-state index contributed by atoms with van der Waals surface area (Å²) in [4.78, 5) is 29.6. The summed E-state index contributed by atoms with van der Waals surface area (Å²) in [5.41, 5.74) is 8.23. The first-order valence-electron chi connectivity index (χ1n) is 10.2. The average Bonchev–Trinajstić information content (AvgIpc) is 3.39. The molecule has 2 aromatic rings. The van der Waals surface area contributed by atoms with E-state index in [4.69, 9.17) is 0 Å². The van der Waals surface area contributed by atoms with E-state index >= 15 is 0 Å². The molecule has 2 fully saturated rings. The lowest BCUT2D eigenvalue weighted by Gasteiger charge is -2.30. The third kappa shape index (κ3) is 2.79. The zero-order chi connectivity index (χ0) is 19.4. The third-order valence-electron chi connectivity index (χ3n) is 6.41. The quantitative estimate of drug-likeness (QED) is 0.838. The van der Waals surface area contributed by atoms with E-state index in [0.717, 1.165) is 28.8 Å². The first kappa shape index (κ1) is 17.6. The molecular weight excluding hydrogens is 352 g/mol. The Hall–Kier alpha value is -2.44. The van der Waals surface area contributed by atoms with Gasteiger partial charge in [0.05, 0.1) is 5.69 Å². The van der Waals surface area contributed by atoms with Crippen molar-refractivity contribution in [1.82, 2.24) is 15.8 Å². The molecule has 0 aromatic heterocycles. The van der Waals surface area contributed by atoms with Crippen molar-refractivity contribution in [1.29, 1.82) is 0 Å². The van der Waals surface area contributed by atoms with Gasteiger partial charge >= 0.3 is 0 Å². The van der Waals surface area contributed by atoms with Crippen LogP contribution in [0.3, 0.4) is 0 Å². The Morgan fingerprint density at radius 2 is 1.96 bits per heavy atom. The van der Waals surface area contributed by atoms with E-state index in [1.54, 1.807) is 9.80 Å². The number of carbonyl (C=O) groups is 2. The van der Waals surface area contributed by atoms with Crippen molar-refractivity contribution in [2.24, 2.45) is 5.92 Å². The van der Waals surface area contributed by atoms with Crippen LogP contribution in [0.4, 0.5) is 5.69 Å². The van der Waals surface area contributed by atoms with Crippen LogP contribution in [0.1, 0.15) is 36.5 Å². The third-order valence-corrected chi connectivity index (χ3v) is 6.41. The van der Waals surface area contributed by atoms with Crippen molar-refractivity contribution in [2.75, 3.05) is 18.5 Å².